The average molecular weight is 469 g/mol. The predicted molar refractivity (Wildman–Crippen MR) is 118 cm³/mol. The molecular formula is C21H25ClN2O8. The predicted octanol–water partition coefficient (Wildman–Crippen LogP) is 2.46. The van der Waals surface area contributed by atoms with Gasteiger partial charge in [-0.25, -0.2) is 9.59 Å². The normalized spacial score (nSPS) is 9.91. The molecule has 3 N–H and O–H groups in total. The summed E-state index contributed by atoms with van der Waals surface area (Å²) in [6, 6.07) is 12.4. The fourth-order valence-electron chi connectivity index (χ4n) is 2.29. The number of methoxy groups -OCH3 is 2. The van der Waals surface area contributed by atoms with Crippen molar-refractivity contribution in [1.29, 1.82) is 0 Å². The number of carbonyl (C=O) groups is 3. The zero-order valence-electron chi connectivity index (χ0n) is 17.8. The van der Waals surface area contributed by atoms with Gasteiger partial charge in [-0.05, 0) is 43.4 Å². The van der Waals surface area contributed by atoms with Gasteiger partial charge in [-0.3, -0.25) is 9.69 Å². The van der Waals surface area contributed by atoms with Crippen LogP contribution in [0.1, 0.15) is 0 Å². The van der Waals surface area contributed by atoms with Gasteiger partial charge >= 0.3 is 11.9 Å². The van der Waals surface area contributed by atoms with Crippen LogP contribution in [-0.4, -0.2) is 73.9 Å². The maximum absolute atomic E-state index is 12.2. The second kappa shape index (κ2) is 13.7. The summed E-state index contributed by atoms with van der Waals surface area (Å²) >= 11 is 5.83. The first-order valence-corrected chi connectivity index (χ1v) is 9.59. The van der Waals surface area contributed by atoms with Crippen LogP contribution in [0, 0.1) is 0 Å². The van der Waals surface area contributed by atoms with Crippen LogP contribution in [0.4, 0.5) is 5.69 Å². The summed E-state index contributed by atoms with van der Waals surface area (Å²) < 4.78 is 16.0. The molecule has 11 heteroatoms. The monoisotopic (exact) mass is 468 g/mol. The summed E-state index contributed by atoms with van der Waals surface area (Å²) in [6.45, 7) is 1.34. The molecule has 0 unspecified atom stereocenters. The van der Waals surface area contributed by atoms with E-state index in [1.807, 2.05) is 24.1 Å². The molecule has 1 amide bonds. The Hall–Kier alpha value is -3.50. The fourth-order valence-corrected chi connectivity index (χ4v) is 2.41. The molecule has 0 aliphatic rings. The van der Waals surface area contributed by atoms with Gasteiger partial charge in [0, 0.05) is 23.3 Å². The number of likely N-dealkylation sites (N-methyl/N-ethyl adjacent to an activating group) is 1. The third-order valence-electron chi connectivity index (χ3n) is 3.82. The van der Waals surface area contributed by atoms with E-state index >= 15 is 0 Å². The summed E-state index contributed by atoms with van der Waals surface area (Å²) in [6.07, 6.45) is 0. The average Bonchev–Trinajstić information content (AvgIpc) is 2.75. The Morgan fingerprint density at radius 2 is 1.56 bits per heavy atom. The molecule has 0 aliphatic carbocycles. The zero-order chi connectivity index (χ0) is 24.1. The first-order valence-electron chi connectivity index (χ1n) is 9.21. The van der Waals surface area contributed by atoms with Crippen LogP contribution >= 0.6 is 11.6 Å². The van der Waals surface area contributed by atoms with Crippen molar-refractivity contribution >= 4 is 35.1 Å². The van der Waals surface area contributed by atoms with Crippen molar-refractivity contribution < 1.29 is 38.8 Å². The van der Waals surface area contributed by atoms with Crippen molar-refractivity contribution in [3.63, 3.8) is 0 Å². The molecule has 10 nitrogen and oxygen atoms in total. The number of halogens is 1. The lowest BCUT2D eigenvalue weighted by atomic mass is 10.2. The molecule has 32 heavy (non-hydrogen) atoms. The van der Waals surface area contributed by atoms with E-state index in [4.69, 9.17) is 45.6 Å². The summed E-state index contributed by atoms with van der Waals surface area (Å²) in [5, 5.41) is 18.3. The molecule has 0 saturated heterocycles. The minimum Gasteiger partial charge on any atom is -0.493 e. The highest BCUT2D eigenvalue weighted by Crippen LogP contribution is 2.29. The van der Waals surface area contributed by atoms with E-state index in [1.54, 1.807) is 44.6 Å². The summed E-state index contributed by atoms with van der Waals surface area (Å²) in [7, 11) is 4.98. The van der Waals surface area contributed by atoms with Gasteiger partial charge in [0.25, 0.3) is 0 Å². The summed E-state index contributed by atoms with van der Waals surface area (Å²) in [5.41, 5.74) is 0.651. The molecule has 0 heterocycles. The third kappa shape index (κ3) is 10.0. The van der Waals surface area contributed by atoms with Crippen LogP contribution in [-0.2, 0) is 14.4 Å². The Balaban J connectivity index is 0.000000751. The van der Waals surface area contributed by atoms with Crippen LogP contribution in [0.3, 0.4) is 0 Å². The van der Waals surface area contributed by atoms with Crippen LogP contribution in [0.25, 0.3) is 0 Å². The Morgan fingerprint density at radius 3 is 2.09 bits per heavy atom. The molecule has 0 fully saturated rings. The van der Waals surface area contributed by atoms with Crippen molar-refractivity contribution in [3.8, 4) is 17.2 Å². The van der Waals surface area contributed by atoms with Gasteiger partial charge in [-0.1, -0.05) is 11.6 Å². The van der Waals surface area contributed by atoms with Gasteiger partial charge in [0.05, 0.1) is 20.8 Å². The quantitative estimate of drug-likeness (QED) is 0.474. The van der Waals surface area contributed by atoms with Crippen molar-refractivity contribution in [2.75, 3.05) is 46.3 Å². The standard InChI is InChI=1S/C19H23ClN2O4.C2H2O4/c1-22(10-11-26-16-7-4-14(20)5-8-16)13-19(23)21-15-6-9-17(24-2)18(12-15)25-3;3-1(4)2(5)6/h4-9,12H,10-11,13H2,1-3H3,(H,21,23);(H,3,4)(H,5,6). The molecule has 0 atom stereocenters. The number of carbonyl (C=O) groups excluding carboxylic acids is 1. The minimum atomic E-state index is -1.82. The van der Waals surface area contributed by atoms with E-state index in [2.05, 4.69) is 5.32 Å². The van der Waals surface area contributed by atoms with E-state index in [0.29, 0.717) is 35.4 Å². The van der Waals surface area contributed by atoms with E-state index in [-0.39, 0.29) is 12.5 Å². The number of anilines is 1. The molecule has 0 aromatic heterocycles. The number of rotatable bonds is 9. The van der Waals surface area contributed by atoms with Crippen molar-refractivity contribution in [1.82, 2.24) is 4.90 Å². The molecule has 2 rings (SSSR count). The first-order chi connectivity index (χ1) is 15.2. The lowest BCUT2D eigenvalue weighted by Crippen LogP contribution is -2.33. The van der Waals surface area contributed by atoms with Gasteiger partial charge in [0.15, 0.2) is 11.5 Å². The zero-order valence-corrected chi connectivity index (χ0v) is 18.6. The lowest BCUT2D eigenvalue weighted by Gasteiger charge is -2.17. The van der Waals surface area contributed by atoms with Gasteiger partial charge in [0.1, 0.15) is 12.4 Å². The number of hydrogen-bond donors (Lipinski definition) is 3. The minimum absolute atomic E-state index is 0.119. The number of benzene rings is 2. The molecule has 2 aromatic rings. The Morgan fingerprint density at radius 1 is 0.969 bits per heavy atom. The van der Waals surface area contributed by atoms with Crippen molar-refractivity contribution in [3.05, 3.63) is 47.5 Å². The highest BCUT2D eigenvalue weighted by Gasteiger charge is 2.10. The molecule has 174 valence electrons. The Bertz CT molecular complexity index is 893. The molecule has 0 radical (unpaired) electrons. The van der Waals surface area contributed by atoms with Crippen LogP contribution in [0.15, 0.2) is 42.5 Å². The maximum atomic E-state index is 12.2. The topological polar surface area (TPSA) is 135 Å². The highest BCUT2D eigenvalue weighted by molar-refractivity contribution is 6.30. The number of hydrogen-bond acceptors (Lipinski definition) is 7. The summed E-state index contributed by atoms with van der Waals surface area (Å²) in [4.78, 5) is 32.2. The van der Waals surface area contributed by atoms with Crippen molar-refractivity contribution in [2.24, 2.45) is 0 Å². The van der Waals surface area contributed by atoms with E-state index in [0.717, 1.165) is 5.75 Å². The molecule has 2 aromatic carbocycles. The smallest absolute Gasteiger partial charge is 0.414 e. The van der Waals surface area contributed by atoms with Gasteiger partial charge in [0.2, 0.25) is 5.91 Å². The molecule has 0 spiro atoms. The van der Waals surface area contributed by atoms with Gasteiger partial charge in [-0.15, -0.1) is 0 Å². The number of nitrogens with zero attached hydrogens (tertiary/aromatic N) is 1. The van der Waals surface area contributed by atoms with Crippen LogP contribution < -0.4 is 19.5 Å². The van der Waals surface area contributed by atoms with Gasteiger partial charge < -0.3 is 29.7 Å². The molecule has 0 aliphatic heterocycles. The highest BCUT2D eigenvalue weighted by atomic mass is 35.5. The number of aliphatic carboxylic acids is 2. The Labute approximate surface area is 190 Å². The molecule has 0 saturated carbocycles. The maximum Gasteiger partial charge on any atom is 0.414 e. The SMILES string of the molecule is COc1ccc(NC(=O)CN(C)CCOc2ccc(Cl)cc2)cc1OC.O=C(O)C(=O)O. The van der Waals surface area contributed by atoms with E-state index < -0.39 is 11.9 Å². The largest absolute Gasteiger partial charge is 0.493 e. The molecular weight excluding hydrogens is 444 g/mol. The van der Waals surface area contributed by atoms with Crippen LogP contribution in [0.5, 0.6) is 17.2 Å². The van der Waals surface area contributed by atoms with Gasteiger partial charge in [-0.2, -0.15) is 0 Å². The second-order valence-corrected chi connectivity index (χ2v) is 6.70. The number of nitrogens with one attached hydrogen (secondary N) is 1. The summed E-state index contributed by atoms with van der Waals surface area (Å²) in [5.74, 6) is -1.84. The van der Waals surface area contributed by atoms with Crippen LogP contribution in [0.2, 0.25) is 5.02 Å². The molecule has 0 bridgehead atoms. The second-order valence-electron chi connectivity index (χ2n) is 6.27. The number of carboxylic acid groups (broad SMARTS) is 2. The first kappa shape index (κ1) is 26.5. The fraction of sp³-hybridized carbons (Fsp3) is 0.286. The number of amides is 1. The number of ether oxygens (including phenoxy) is 3. The third-order valence-corrected chi connectivity index (χ3v) is 4.07. The lowest BCUT2D eigenvalue weighted by molar-refractivity contribution is -0.159. The number of carboxylic acids is 2. The van der Waals surface area contributed by atoms with E-state index in [1.165, 1.54) is 0 Å². The Kier molecular flexibility index (Phi) is 11.4. The van der Waals surface area contributed by atoms with E-state index in [9.17, 15) is 4.79 Å². The van der Waals surface area contributed by atoms with Crippen molar-refractivity contribution in [2.45, 2.75) is 0 Å².